The third-order valence-corrected chi connectivity index (χ3v) is 4.93. The Morgan fingerprint density at radius 1 is 1.30 bits per heavy atom. The van der Waals surface area contributed by atoms with Gasteiger partial charge in [-0.25, -0.2) is 4.79 Å². The number of hydrogen-bond donors (Lipinski definition) is 2. The number of alkyl carbamates (subject to hydrolysis) is 1. The number of nitrogens with zero attached hydrogens (tertiary/aromatic N) is 1. The van der Waals surface area contributed by atoms with Gasteiger partial charge in [0.15, 0.2) is 0 Å². The van der Waals surface area contributed by atoms with Gasteiger partial charge in [0.2, 0.25) is 11.8 Å². The standard InChI is InChI=1S/C19H26IN3O4/c1-19(2,3)27-18(26)22-14(11-12-6-8-13(20)9-7-12)17(25)23-10-4-5-15(23)16(21)24/h6-9,14-15H,4-5,10-11H2,1-3H3,(H2,21,24)(H,22,26)/t14-,15-/m0/s1. The fourth-order valence-corrected chi connectivity index (χ4v) is 3.39. The van der Waals surface area contributed by atoms with E-state index in [1.54, 1.807) is 20.8 Å². The van der Waals surface area contributed by atoms with E-state index in [0.717, 1.165) is 9.13 Å². The van der Waals surface area contributed by atoms with Crippen molar-refractivity contribution < 1.29 is 19.1 Å². The molecular weight excluding hydrogens is 461 g/mol. The number of likely N-dealkylation sites (tertiary alicyclic amines) is 1. The highest BCUT2D eigenvalue weighted by Crippen LogP contribution is 2.20. The summed E-state index contributed by atoms with van der Waals surface area (Å²) in [5.74, 6) is -0.841. The van der Waals surface area contributed by atoms with Gasteiger partial charge in [0, 0.05) is 16.5 Å². The third-order valence-electron chi connectivity index (χ3n) is 4.21. The van der Waals surface area contributed by atoms with Crippen LogP contribution in [0.2, 0.25) is 0 Å². The molecule has 1 saturated heterocycles. The van der Waals surface area contributed by atoms with Crippen molar-refractivity contribution in [3.8, 4) is 0 Å². The molecule has 0 bridgehead atoms. The summed E-state index contributed by atoms with van der Waals surface area (Å²) in [7, 11) is 0. The van der Waals surface area contributed by atoms with Crippen molar-refractivity contribution in [2.75, 3.05) is 6.54 Å². The van der Waals surface area contributed by atoms with E-state index in [4.69, 9.17) is 10.5 Å². The van der Waals surface area contributed by atoms with E-state index in [9.17, 15) is 14.4 Å². The molecule has 8 heteroatoms. The number of rotatable bonds is 5. The molecule has 1 aromatic carbocycles. The molecule has 7 nitrogen and oxygen atoms in total. The van der Waals surface area contributed by atoms with Crippen LogP contribution in [0.3, 0.4) is 0 Å². The molecule has 2 rings (SSSR count). The highest BCUT2D eigenvalue weighted by atomic mass is 127. The fourth-order valence-electron chi connectivity index (χ4n) is 3.03. The Morgan fingerprint density at radius 3 is 2.48 bits per heavy atom. The van der Waals surface area contributed by atoms with Gasteiger partial charge in [0.1, 0.15) is 17.7 Å². The average molecular weight is 487 g/mol. The topological polar surface area (TPSA) is 102 Å². The molecule has 0 spiro atoms. The molecule has 148 valence electrons. The first kappa shape index (κ1) is 21.5. The zero-order valence-corrected chi connectivity index (χ0v) is 18.0. The molecule has 3 amide bonds. The Labute approximate surface area is 173 Å². The SMILES string of the molecule is CC(C)(C)OC(=O)N[C@@H](Cc1ccc(I)cc1)C(=O)N1CCC[C@H]1C(N)=O. The van der Waals surface area contributed by atoms with Crippen LogP contribution in [0.25, 0.3) is 0 Å². The van der Waals surface area contributed by atoms with Crippen LogP contribution in [0.15, 0.2) is 24.3 Å². The minimum absolute atomic E-state index is 0.303. The summed E-state index contributed by atoms with van der Waals surface area (Å²) in [5, 5.41) is 2.67. The molecule has 27 heavy (non-hydrogen) atoms. The smallest absolute Gasteiger partial charge is 0.408 e. The van der Waals surface area contributed by atoms with Gasteiger partial charge < -0.3 is 20.7 Å². The van der Waals surface area contributed by atoms with E-state index in [2.05, 4.69) is 27.9 Å². The quantitative estimate of drug-likeness (QED) is 0.622. The minimum atomic E-state index is -0.833. The van der Waals surface area contributed by atoms with Gasteiger partial charge in [-0.3, -0.25) is 9.59 Å². The zero-order valence-electron chi connectivity index (χ0n) is 15.8. The summed E-state index contributed by atoms with van der Waals surface area (Å²) in [6, 6.07) is 6.24. The second kappa shape index (κ2) is 8.90. The van der Waals surface area contributed by atoms with E-state index in [-0.39, 0.29) is 5.91 Å². The van der Waals surface area contributed by atoms with Crippen LogP contribution < -0.4 is 11.1 Å². The number of primary amides is 1. The largest absolute Gasteiger partial charge is 0.444 e. The van der Waals surface area contributed by atoms with Crippen LogP contribution >= 0.6 is 22.6 Å². The lowest BCUT2D eigenvalue weighted by Crippen LogP contribution is -2.54. The lowest BCUT2D eigenvalue weighted by molar-refractivity contribution is -0.139. The highest BCUT2D eigenvalue weighted by Gasteiger charge is 2.37. The molecule has 1 aliphatic heterocycles. The molecule has 2 atom stereocenters. The Bertz CT molecular complexity index is 700. The highest BCUT2D eigenvalue weighted by molar-refractivity contribution is 14.1. The molecule has 1 aromatic rings. The van der Waals surface area contributed by atoms with Crippen molar-refractivity contribution in [2.45, 2.75) is 57.7 Å². The fraction of sp³-hybridized carbons (Fsp3) is 0.526. The number of carbonyl (C=O) groups is 3. The zero-order chi connectivity index (χ0) is 20.2. The molecule has 0 radical (unpaired) electrons. The van der Waals surface area contributed by atoms with Gasteiger partial charge in [-0.05, 0) is 73.9 Å². The van der Waals surface area contributed by atoms with Crippen LogP contribution in [0.4, 0.5) is 4.79 Å². The molecule has 3 N–H and O–H groups in total. The summed E-state index contributed by atoms with van der Waals surface area (Å²) in [6.07, 6.45) is 0.893. The normalized spacial score (nSPS) is 18.1. The van der Waals surface area contributed by atoms with Crippen molar-refractivity contribution in [3.05, 3.63) is 33.4 Å². The van der Waals surface area contributed by atoms with Gasteiger partial charge >= 0.3 is 6.09 Å². The van der Waals surface area contributed by atoms with Crippen molar-refractivity contribution in [1.29, 1.82) is 0 Å². The number of nitrogens with two attached hydrogens (primary N) is 1. The van der Waals surface area contributed by atoms with Crippen molar-refractivity contribution in [2.24, 2.45) is 5.73 Å². The summed E-state index contributed by atoms with van der Waals surface area (Å²) < 4.78 is 6.38. The number of amides is 3. The first-order chi connectivity index (χ1) is 12.6. The molecule has 0 aromatic heterocycles. The van der Waals surface area contributed by atoms with E-state index in [1.165, 1.54) is 4.90 Å². The van der Waals surface area contributed by atoms with Gasteiger partial charge in [-0.15, -0.1) is 0 Å². The van der Waals surface area contributed by atoms with Crippen LogP contribution in [0.5, 0.6) is 0 Å². The Kier molecular flexibility index (Phi) is 7.07. The Morgan fingerprint density at radius 2 is 1.93 bits per heavy atom. The maximum atomic E-state index is 13.1. The van der Waals surface area contributed by atoms with E-state index in [0.29, 0.717) is 25.8 Å². The van der Waals surface area contributed by atoms with Gasteiger partial charge in [0.25, 0.3) is 0 Å². The van der Waals surface area contributed by atoms with Crippen molar-refractivity contribution in [3.63, 3.8) is 0 Å². The average Bonchev–Trinajstić information content (AvgIpc) is 3.03. The van der Waals surface area contributed by atoms with E-state index >= 15 is 0 Å². The molecule has 1 heterocycles. The number of nitrogens with one attached hydrogen (secondary N) is 1. The minimum Gasteiger partial charge on any atom is -0.444 e. The van der Waals surface area contributed by atoms with E-state index < -0.39 is 29.7 Å². The second-order valence-electron chi connectivity index (χ2n) is 7.62. The molecule has 1 aliphatic rings. The number of ether oxygens (including phenoxy) is 1. The number of hydrogen-bond acceptors (Lipinski definition) is 4. The Hall–Kier alpha value is -1.84. The van der Waals surface area contributed by atoms with Gasteiger partial charge in [0.05, 0.1) is 0 Å². The third kappa shape index (κ3) is 6.37. The Balaban J connectivity index is 2.19. The summed E-state index contributed by atoms with van der Waals surface area (Å²) in [4.78, 5) is 38.5. The maximum absolute atomic E-state index is 13.1. The summed E-state index contributed by atoms with van der Waals surface area (Å²) in [5.41, 5.74) is 5.66. The van der Waals surface area contributed by atoms with Gasteiger partial charge in [-0.2, -0.15) is 0 Å². The first-order valence-electron chi connectivity index (χ1n) is 8.90. The lowest BCUT2D eigenvalue weighted by Gasteiger charge is -2.29. The summed E-state index contributed by atoms with van der Waals surface area (Å²) in [6.45, 7) is 5.72. The predicted octanol–water partition coefficient (Wildman–Crippen LogP) is 2.20. The van der Waals surface area contributed by atoms with Crippen LogP contribution in [0, 0.1) is 3.57 Å². The number of benzene rings is 1. The van der Waals surface area contributed by atoms with Crippen LogP contribution in [0.1, 0.15) is 39.2 Å². The maximum Gasteiger partial charge on any atom is 0.408 e. The number of carbonyl (C=O) groups excluding carboxylic acids is 3. The van der Waals surface area contributed by atoms with Crippen molar-refractivity contribution >= 4 is 40.5 Å². The van der Waals surface area contributed by atoms with Crippen molar-refractivity contribution in [1.82, 2.24) is 10.2 Å². The lowest BCUT2D eigenvalue weighted by atomic mass is 10.0. The van der Waals surface area contributed by atoms with Gasteiger partial charge in [-0.1, -0.05) is 12.1 Å². The van der Waals surface area contributed by atoms with Crippen LogP contribution in [-0.4, -0.2) is 47.0 Å². The molecule has 0 unspecified atom stereocenters. The molecule has 1 fully saturated rings. The molecule has 0 saturated carbocycles. The first-order valence-corrected chi connectivity index (χ1v) is 9.98. The van der Waals surface area contributed by atoms with Crippen LogP contribution in [-0.2, 0) is 20.7 Å². The number of halogens is 1. The van der Waals surface area contributed by atoms with E-state index in [1.807, 2.05) is 24.3 Å². The molecule has 0 aliphatic carbocycles. The predicted molar refractivity (Wildman–Crippen MR) is 110 cm³/mol. The summed E-state index contributed by atoms with van der Waals surface area (Å²) >= 11 is 2.20. The monoisotopic (exact) mass is 487 g/mol. The molecular formula is C19H26IN3O4. The second-order valence-corrected chi connectivity index (χ2v) is 8.87.